The van der Waals surface area contributed by atoms with Crippen molar-refractivity contribution in [3.8, 4) is 6.07 Å². The maximum absolute atomic E-state index is 8.71. The number of piperazine rings is 1. The lowest BCUT2D eigenvalue weighted by molar-refractivity contribution is 0.485. The van der Waals surface area contributed by atoms with E-state index in [0.29, 0.717) is 6.04 Å². The minimum absolute atomic E-state index is 0.536. The Hall–Kier alpha value is -1.53. The summed E-state index contributed by atoms with van der Waals surface area (Å²) >= 11 is 0. The average Bonchev–Trinajstić information content (AvgIpc) is 2.29. The van der Waals surface area contributed by atoms with E-state index in [0.717, 1.165) is 25.2 Å². The van der Waals surface area contributed by atoms with Gasteiger partial charge in [-0.3, -0.25) is 0 Å². The molecule has 1 saturated heterocycles. The first-order chi connectivity index (χ1) is 7.29. The zero-order valence-corrected chi connectivity index (χ0v) is 8.90. The largest absolute Gasteiger partial charge is 0.369 e. The molecule has 3 nitrogen and oxygen atoms in total. The van der Waals surface area contributed by atoms with Crippen LogP contribution in [-0.4, -0.2) is 25.7 Å². The molecule has 0 amide bonds. The highest BCUT2D eigenvalue weighted by molar-refractivity contribution is 5.50. The number of nitriles is 1. The van der Waals surface area contributed by atoms with Crippen LogP contribution in [0.3, 0.4) is 0 Å². The topological polar surface area (TPSA) is 39.1 Å². The molecule has 0 unspecified atom stereocenters. The van der Waals surface area contributed by atoms with Crippen LogP contribution in [0.15, 0.2) is 24.3 Å². The fourth-order valence-electron chi connectivity index (χ4n) is 1.91. The Morgan fingerprint density at radius 2 is 2.13 bits per heavy atom. The molecule has 1 heterocycles. The molecule has 0 spiro atoms. The number of benzene rings is 1. The van der Waals surface area contributed by atoms with Gasteiger partial charge in [-0.25, -0.2) is 0 Å². The molecule has 1 fully saturated rings. The van der Waals surface area contributed by atoms with Crippen LogP contribution in [-0.2, 0) is 0 Å². The van der Waals surface area contributed by atoms with Crippen LogP contribution in [0.4, 0.5) is 5.69 Å². The van der Waals surface area contributed by atoms with Gasteiger partial charge in [-0.1, -0.05) is 0 Å². The molecule has 0 radical (unpaired) electrons. The monoisotopic (exact) mass is 201 g/mol. The van der Waals surface area contributed by atoms with Gasteiger partial charge in [0.15, 0.2) is 0 Å². The molecule has 1 aliphatic rings. The van der Waals surface area contributed by atoms with E-state index in [-0.39, 0.29) is 0 Å². The first kappa shape index (κ1) is 10.0. The number of nitrogens with one attached hydrogen (secondary N) is 1. The van der Waals surface area contributed by atoms with E-state index in [4.69, 9.17) is 5.26 Å². The van der Waals surface area contributed by atoms with Gasteiger partial charge in [0.1, 0.15) is 0 Å². The van der Waals surface area contributed by atoms with E-state index >= 15 is 0 Å². The molecule has 0 saturated carbocycles. The third-order valence-corrected chi connectivity index (χ3v) is 2.73. The Labute approximate surface area is 90.3 Å². The molecular weight excluding hydrogens is 186 g/mol. The molecule has 1 aromatic carbocycles. The van der Waals surface area contributed by atoms with E-state index in [9.17, 15) is 0 Å². The second-order valence-electron chi connectivity index (χ2n) is 3.96. The quantitative estimate of drug-likeness (QED) is 0.745. The average molecular weight is 201 g/mol. The Kier molecular flexibility index (Phi) is 2.89. The van der Waals surface area contributed by atoms with Crippen LogP contribution < -0.4 is 10.2 Å². The van der Waals surface area contributed by atoms with Crippen LogP contribution in [0.25, 0.3) is 0 Å². The fraction of sp³-hybridized carbons (Fsp3) is 0.417. The van der Waals surface area contributed by atoms with E-state index in [1.54, 1.807) is 0 Å². The van der Waals surface area contributed by atoms with Crippen molar-refractivity contribution in [2.75, 3.05) is 24.5 Å². The van der Waals surface area contributed by atoms with Gasteiger partial charge in [0, 0.05) is 31.4 Å². The van der Waals surface area contributed by atoms with Crippen molar-refractivity contribution in [2.24, 2.45) is 0 Å². The fourth-order valence-corrected chi connectivity index (χ4v) is 1.91. The number of rotatable bonds is 1. The summed E-state index contributed by atoms with van der Waals surface area (Å²) in [4.78, 5) is 2.35. The van der Waals surface area contributed by atoms with Crippen molar-refractivity contribution in [2.45, 2.75) is 13.0 Å². The van der Waals surface area contributed by atoms with Crippen molar-refractivity contribution >= 4 is 5.69 Å². The molecule has 15 heavy (non-hydrogen) atoms. The Balaban J connectivity index is 2.12. The first-order valence-corrected chi connectivity index (χ1v) is 5.28. The van der Waals surface area contributed by atoms with Gasteiger partial charge in [0.05, 0.1) is 11.6 Å². The smallest absolute Gasteiger partial charge is 0.0991 e. The number of nitrogens with zero attached hydrogens (tertiary/aromatic N) is 2. The van der Waals surface area contributed by atoms with Crippen LogP contribution in [0.5, 0.6) is 0 Å². The summed E-state index contributed by atoms with van der Waals surface area (Å²) < 4.78 is 0. The van der Waals surface area contributed by atoms with Crippen molar-refractivity contribution < 1.29 is 0 Å². The Morgan fingerprint density at radius 1 is 1.40 bits per heavy atom. The van der Waals surface area contributed by atoms with E-state index < -0.39 is 0 Å². The SMILES string of the molecule is C[C@@H]1CN(c2ccc(C#N)cc2)CCN1. The summed E-state index contributed by atoms with van der Waals surface area (Å²) in [5, 5.41) is 12.1. The van der Waals surface area contributed by atoms with Crippen LogP contribution in [0, 0.1) is 11.3 Å². The molecule has 1 aromatic rings. The lowest BCUT2D eigenvalue weighted by atomic mass is 10.1. The Morgan fingerprint density at radius 3 is 2.73 bits per heavy atom. The third kappa shape index (κ3) is 2.28. The second-order valence-corrected chi connectivity index (χ2v) is 3.96. The van der Waals surface area contributed by atoms with Gasteiger partial charge >= 0.3 is 0 Å². The zero-order chi connectivity index (χ0) is 10.7. The maximum Gasteiger partial charge on any atom is 0.0991 e. The summed E-state index contributed by atoms with van der Waals surface area (Å²) in [6.45, 7) is 5.29. The van der Waals surface area contributed by atoms with Crippen molar-refractivity contribution in [1.82, 2.24) is 5.32 Å². The number of anilines is 1. The molecule has 3 heteroatoms. The van der Waals surface area contributed by atoms with Gasteiger partial charge in [-0.05, 0) is 31.2 Å². The molecule has 1 aliphatic heterocycles. The summed E-state index contributed by atoms with van der Waals surface area (Å²) in [6.07, 6.45) is 0. The molecule has 0 aromatic heterocycles. The summed E-state index contributed by atoms with van der Waals surface area (Å²) in [7, 11) is 0. The van der Waals surface area contributed by atoms with Crippen LogP contribution >= 0.6 is 0 Å². The summed E-state index contributed by atoms with van der Waals surface area (Å²) in [6, 6.07) is 10.5. The van der Waals surface area contributed by atoms with Crippen molar-refractivity contribution in [3.05, 3.63) is 29.8 Å². The normalized spacial score (nSPS) is 21.1. The van der Waals surface area contributed by atoms with Gasteiger partial charge in [-0.15, -0.1) is 0 Å². The third-order valence-electron chi connectivity index (χ3n) is 2.73. The van der Waals surface area contributed by atoms with Gasteiger partial charge < -0.3 is 10.2 Å². The summed E-state index contributed by atoms with van der Waals surface area (Å²) in [5.41, 5.74) is 1.93. The highest BCUT2D eigenvalue weighted by Gasteiger charge is 2.15. The van der Waals surface area contributed by atoms with E-state index in [1.807, 2.05) is 24.3 Å². The second kappa shape index (κ2) is 4.33. The molecule has 2 rings (SSSR count). The molecular formula is C12H15N3. The highest BCUT2D eigenvalue weighted by Crippen LogP contribution is 2.16. The molecule has 0 bridgehead atoms. The minimum atomic E-state index is 0.536. The van der Waals surface area contributed by atoms with Crippen molar-refractivity contribution in [3.63, 3.8) is 0 Å². The van der Waals surface area contributed by atoms with Gasteiger partial charge in [0.2, 0.25) is 0 Å². The molecule has 1 N–H and O–H groups in total. The van der Waals surface area contributed by atoms with E-state index in [1.165, 1.54) is 5.69 Å². The predicted octanol–water partition coefficient (Wildman–Crippen LogP) is 1.36. The van der Waals surface area contributed by atoms with Crippen LogP contribution in [0.1, 0.15) is 12.5 Å². The van der Waals surface area contributed by atoms with Gasteiger partial charge in [-0.2, -0.15) is 5.26 Å². The molecule has 0 aliphatic carbocycles. The first-order valence-electron chi connectivity index (χ1n) is 5.28. The molecule has 1 atom stereocenters. The predicted molar refractivity (Wildman–Crippen MR) is 60.8 cm³/mol. The minimum Gasteiger partial charge on any atom is -0.369 e. The van der Waals surface area contributed by atoms with Gasteiger partial charge in [0.25, 0.3) is 0 Å². The Bertz CT molecular complexity index is 363. The summed E-state index contributed by atoms with van der Waals surface area (Å²) in [5.74, 6) is 0. The lowest BCUT2D eigenvalue weighted by Crippen LogP contribution is -2.49. The lowest BCUT2D eigenvalue weighted by Gasteiger charge is -2.33. The van der Waals surface area contributed by atoms with Crippen molar-refractivity contribution in [1.29, 1.82) is 5.26 Å². The standard InChI is InChI=1S/C12H15N3/c1-10-9-15(7-6-14-10)12-4-2-11(8-13)3-5-12/h2-5,10,14H,6-7,9H2,1H3/t10-/m1/s1. The maximum atomic E-state index is 8.71. The number of hydrogen-bond acceptors (Lipinski definition) is 3. The zero-order valence-electron chi connectivity index (χ0n) is 8.90. The highest BCUT2D eigenvalue weighted by atomic mass is 15.2. The molecule has 78 valence electrons. The van der Waals surface area contributed by atoms with E-state index in [2.05, 4.69) is 23.2 Å². The van der Waals surface area contributed by atoms with Crippen LogP contribution in [0.2, 0.25) is 0 Å². The number of hydrogen-bond donors (Lipinski definition) is 1.